The van der Waals surface area contributed by atoms with Crippen LogP contribution in [-0.2, 0) is 16.1 Å². The van der Waals surface area contributed by atoms with Crippen molar-refractivity contribution in [3.63, 3.8) is 0 Å². The number of hydrogen-bond acceptors (Lipinski definition) is 5. The number of nitrogens with one attached hydrogen (secondary N) is 1. The molecule has 124 valence electrons. The highest BCUT2D eigenvalue weighted by Gasteiger charge is 2.25. The van der Waals surface area contributed by atoms with Crippen LogP contribution in [0.1, 0.15) is 5.56 Å². The van der Waals surface area contributed by atoms with Gasteiger partial charge in [-0.3, -0.25) is 4.79 Å². The topological polar surface area (TPSA) is 67.9 Å². The molecule has 0 atom stereocenters. The van der Waals surface area contributed by atoms with E-state index in [1.165, 1.54) is 0 Å². The fourth-order valence-electron chi connectivity index (χ4n) is 2.61. The number of amides is 1. The summed E-state index contributed by atoms with van der Waals surface area (Å²) in [4.78, 5) is 25.6. The van der Waals surface area contributed by atoms with E-state index in [1.54, 1.807) is 24.1 Å². The molecule has 1 amide bonds. The van der Waals surface area contributed by atoms with Crippen molar-refractivity contribution in [1.29, 1.82) is 0 Å². The molecule has 1 N–H and O–H groups in total. The smallest absolute Gasteiger partial charge is 0.331 e. The number of methoxy groups -OCH3 is 1. The van der Waals surface area contributed by atoms with E-state index in [-0.39, 0.29) is 25.0 Å². The summed E-state index contributed by atoms with van der Waals surface area (Å²) < 4.78 is 10.4. The largest absolute Gasteiger partial charge is 0.496 e. The predicted octanol–water partition coefficient (Wildman–Crippen LogP) is 1.74. The van der Waals surface area contributed by atoms with E-state index in [0.717, 1.165) is 17.0 Å². The lowest BCUT2D eigenvalue weighted by molar-refractivity contribution is -0.133. The summed E-state index contributed by atoms with van der Waals surface area (Å²) in [5, 5.41) is 2.85. The summed E-state index contributed by atoms with van der Waals surface area (Å²) >= 11 is 0. The van der Waals surface area contributed by atoms with Crippen molar-refractivity contribution < 1.29 is 19.1 Å². The first-order valence-corrected chi connectivity index (χ1v) is 7.60. The number of hydrogen-bond donors (Lipinski definition) is 1. The Labute approximate surface area is 140 Å². The van der Waals surface area contributed by atoms with E-state index in [2.05, 4.69) is 5.32 Å². The number of ether oxygens (including phenoxy) is 2. The Hall–Kier alpha value is -3.02. The van der Waals surface area contributed by atoms with Crippen LogP contribution in [-0.4, -0.2) is 32.1 Å². The molecule has 2 aromatic carbocycles. The Morgan fingerprint density at radius 1 is 1.21 bits per heavy atom. The fraction of sp³-hybridized carbons (Fsp3) is 0.222. The second-order valence-electron chi connectivity index (χ2n) is 5.39. The van der Waals surface area contributed by atoms with Gasteiger partial charge in [0.2, 0.25) is 5.91 Å². The Balaban J connectivity index is 1.64. The first-order valence-electron chi connectivity index (χ1n) is 7.60. The predicted molar refractivity (Wildman–Crippen MR) is 89.1 cm³/mol. The summed E-state index contributed by atoms with van der Waals surface area (Å²) in [7, 11) is 1.59. The van der Waals surface area contributed by atoms with E-state index in [9.17, 15) is 9.59 Å². The van der Waals surface area contributed by atoms with Gasteiger partial charge in [-0.15, -0.1) is 0 Å². The molecule has 2 aromatic rings. The zero-order valence-corrected chi connectivity index (χ0v) is 13.3. The molecule has 0 bridgehead atoms. The average Bonchev–Trinajstić information content (AvgIpc) is 2.60. The number of carbonyl (C=O) groups excluding carboxylic acids is 2. The maximum Gasteiger partial charge on any atom is 0.331 e. The molecule has 0 saturated heterocycles. The SMILES string of the molecule is COc1ccccc1CNC(=O)CN1CC(=O)Oc2ccccc21. The molecule has 3 rings (SSSR count). The highest BCUT2D eigenvalue weighted by atomic mass is 16.5. The molecule has 0 aromatic heterocycles. The maximum absolute atomic E-state index is 12.3. The molecule has 0 unspecified atom stereocenters. The van der Waals surface area contributed by atoms with Crippen molar-refractivity contribution in [3.8, 4) is 11.5 Å². The molecule has 0 radical (unpaired) electrons. The van der Waals surface area contributed by atoms with Gasteiger partial charge in [0.05, 0.1) is 19.3 Å². The molecule has 0 spiro atoms. The van der Waals surface area contributed by atoms with Crippen molar-refractivity contribution in [2.45, 2.75) is 6.54 Å². The Morgan fingerprint density at radius 3 is 2.79 bits per heavy atom. The number of benzene rings is 2. The summed E-state index contributed by atoms with van der Waals surface area (Å²) in [5.74, 6) is 0.660. The maximum atomic E-state index is 12.3. The van der Waals surface area contributed by atoms with Gasteiger partial charge in [-0.2, -0.15) is 0 Å². The molecule has 0 saturated carbocycles. The lowest BCUT2D eigenvalue weighted by Gasteiger charge is -2.29. The van der Waals surface area contributed by atoms with Crippen LogP contribution in [0.25, 0.3) is 0 Å². The lowest BCUT2D eigenvalue weighted by Crippen LogP contribution is -2.43. The summed E-state index contributed by atoms with van der Waals surface area (Å²) in [6.07, 6.45) is 0. The number of nitrogens with zero attached hydrogens (tertiary/aromatic N) is 1. The minimum Gasteiger partial charge on any atom is -0.496 e. The van der Waals surface area contributed by atoms with Crippen molar-refractivity contribution >= 4 is 17.6 Å². The molecule has 6 heteroatoms. The molecular formula is C18H18N2O4. The normalized spacial score (nSPS) is 13.0. The monoisotopic (exact) mass is 326 g/mol. The minimum absolute atomic E-state index is 0.0547. The number of anilines is 1. The number of esters is 1. The van der Waals surface area contributed by atoms with Gasteiger partial charge in [0.25, 0.3) is 0 Å². The van der Waals surface area contributed by atoms with Gasteiger partial charge in [0.1, 0.15) is 12.3 Å². The van der Waals surface area contributed by atoms with Crippen LogP contribution in [0.4, 0.5) is 5.69 Å². The first kappa shape index (κ1) is 15.9. The van der Waals surface area contributed by atoms with Gasteiger partial charge in [-0.1, -0.05) is 30.3 Å². The zero-order chi connectivity index (χ0) is 16.9. The quantitative estimate of drug-likeness (QED) is 0.669. The van der Waals surface area contributed by atoms with Crippen LogP contribution in [0.15, 0.2) is 48.5 Å². The van der Waals surface area contributed by atoms with Crippen molar-refractivity contribution in [2.24, 2.45) is 0 Å². The van der Waals surface area contributed by atoms with Gasteiger partial charge in [0, 0.05) is 12.1 Å². The van der Waals surface area contributed by atoms with Crippen LogP contribution >= 0.6 is 0 Å². The molecule has 24 heavy (non-hydrogen) atoms. The number of carbonyl (C=O) groups is 2. The Kier molecular flexibility index (Phi) is 4.65. The summed E-state index contributed by atoms with van der Waals surface area (Å²) in [5.41, 5.74) is 1.64. The van der Waals surface area contributed by atoms with Crippen molar-refractivity contribution in [1.82, 2.24) is 5.32 Å². The zero-order valence-electron chi connectivity index (χ0n) is 13.3. The van der Waals surface area contributed by atoms with Gasteiger partial charge >= 0.3 is 5.97 Å². The van der Waals surface area contributed by atoms with Crippen LogP contribution in [0.5, 0.6) is 11.5 Å². The van der Waals surface area contributed by atoms with Crippen molar-refractivity contribution in [2.75, 3.05) is 25.1 Å². The molecule has 0 fully saturated rings. The van der Waals surface area contributed by atoms with Gasteiger partial charge in [-0.25, -0.2) is 4.79 Å². The Morgan fingerprint density at radius 2 is 1.96 bits per heavy atom. The third-order valence-corrected chi connectivity index (χ3v) is 3.75. The van der Waals surface area contributed by atoms with Crippen LogP contribution in [0.2, 0.25) is 0 Å². The number of rotatable bonds is 5. The third-order valence-electron chi connectivity index (χ3n) is 3.75. The highest BCUT2D eigenvalue weighted by Crippen LogP contribution is 2.31. The van der Waals surface area contributed by atoms with Crippen LogP contribution in [0.3, 0.4) is 0 Å². The molecule has 1 aliphatic rings. The molecule has 1 heterocycles. The van der Waals surface area contributed by atoms with Crippen LogP contribution in [0, 0.1) is 0 Å². The standard InChI is InChI=1S/C18H18N2O4/c1-23-15-8-4-2-6-13(15)10-19-17(21)11-20-12-18(22)24-16-9-5-3-7-14(16)20/h2-9H,10-12H2,1H3,(H,19,21). The molecule has 6 nitrogen and oxygen atoms in total. The van der Waals surface area contributed by atoms with E-state index in [4.69, 9.17) is 9.47 Å². The fourth-order valence-corrected chi connectivity index (χ4v) is 2.61. The highest BCUT2D eigenvalue weighted by molar-refractivity contribution is 5.89. The first-order chi connectivity index (χ1) is 11.7. The van der Waals surface area contributed by atoms with E-state index in [1.807, 2.05) is 36.4 Å². The third kappa shape index (κ3) is 3.48. The van der Waals surface area contributed by atoms with Crippen LogP contribution < -0.4 is 19.7 Å². The molecule has 0 aliphatic carbocycles. The van der Waals surface area contributed by atoms with E-state index in [0.29, 0.717) is 12.3 Å². The summed E-state index contributed by atoms with van der Waals surface area (Å²) in [6.45, 7) is 0.503. The van der Waals surface area contributed by atoms with E-state index >= 15 is 0 Å². The van der Waals surface area contributed by atoms with E-state index < -0.39 is 0 Å². The molecule has 1 aliphatic heterocycles. The van der Waals surface area contributed by atoms with Gasteiger partial charge < -0.3 is 19.7 Å². The second-order valence-corrected chi connectivity index (χ2v) is 5.39. The Bertz CT molecular complexity index is 760. The van der Waals surface area contributed by atoms with Gasteiger partial charge in [-0.05, 0) is 18.2 Å². The van der Waals surface area contributed by atoms with Gasteiger partial charge in [0.15, 0.2) is 5.75 Å². The number of fused-ring (bicyclic) bond motifs is 1. The van der Waals surface area contributed by atoms with Crippen molar-refractivity contribution in [3.05, 3.63) is 54.1 Å². The summed E-state index contributed by atoms with van der Waals surface area (Å²) in [6, 6.07) is 14.7. The lowest BCUT2D eigenvalue weighted by atomic mass is 10.2. The second kappa shape index (κ2) is 7.04. The minimum atomic E-state index is -0.369. The number of para-hydroxylation sites is 3. The molecular weight excluding hydrogens is 308 g/mol. The average molecular weight is 326 g/mol.